The summed E-state index contributed by atoms with van der Waals surface area (Å²) >= 11 is 1.55. The minimum atomic E-state index is -3.44. The first-order valence-corrected chi connectivity index (χ1v) is 12.1. The van der Waals surface area contributed by atoms with Crippen LogP contribution in [0.3, 0.4) is 0 Å². The fraction of sp³-hybridized carbons (Fsp3) is 0.450. The van der Waals surface area contributed by atoms with Crippen molar-refractivity contribution in [1.29, 1.82) is 0 Å². The van der Waals surface area contributed by atoms with E-state index >= 15 is 0 Å². The first kappa shape index (κ1) is 21.8. The Kier molecular flexibility index (Phi) is 6.94. The fourth-order valence-corrected chi connectivity index (χ4v) is 4.79. The number of rotatable bonds is 9. The number of aliphatic imine (C=N–C) groups is 1. The second-order valence-corrected chi connectivity index (χ2v) is 9.87. The molecule has 7 nitrogen and oxygen atoms in total. The van der Waals surface area contributed by atoms with E-state index in [0.717, 1.165) is 24.0 Å². The van der Waals surface area contributed by atoms with Gasteiger partial charge >= 0.3 is 0 Å². The molecule has 9 heteroatoms. The first-order valence-electron chi connectivity index (χ1n) is 9.68. The van der Waals surface area contributed by atoms with Gasteiger partial charge in [0.15, 0.2) is 5.96 Å². The van der Waals surface area contributed by atoms with Crippen molar-refractivity contribution in [3.8, 4) is 0 Å². The standard InChI is InChI=1S/C20H28N4O3S2/c1-3-21-19(23-14-20(2,25)16-10-11-28-13-16)22-12-15-4-8-18(9-5-15)29(26,27)24-17-6-7-17/h4-5,8-11,13,17,24-25H,3,6-7,12,14H2,1-2H3,(H2,21,22,23). The number of hydrogen-bond donors (Lipinski definition) is 4. The predicted molar refractivity (Wildman–Crippen MR) is 116 cm³/mol. The second-order valence-electron chi connectivity index (χ2n) is 7.37. The number of sulfonamides is 1. The average molecular weight is 437 g/mol. The summed E-state index contributed by atoms with van der Waals surface area (Å²) in [5, 5.41) is 20.8. The number of aliphatic hydroxyl groups is 1. The highest BCUT2D eigenvalue weighted by Gasteiger charge is 2.28. The van der Waals surface area contributed by atoms with E-state index < -0.39 is 15.6 Å². The van der Waals surface area contributed by atoms with E-state index in [1.165, 1.54) is 0 Å². The molecule has 0 saturated heterocycles. The van der Waals surface area contributed by atoms with Crippen LogP contribution in [0.2, 0.25) is 0 Å². The quantitative estimate of drug-likeness (QED) is 0.356. The van der Waals surface area contributed by atoms with Gasteiger partial charge < -0.3 is 15.7 Å². The van der Waals surface area contributed by atoms with E-state index in [2.05, 4.69) is 20.3 Å². The third-order valence-electron chi connectivity index (χ3n) is 4.64. The zero-order valence-corrected chi connectivity index (χ0v) is 18.3. The van der Waals surface area contributed by atoms with Gasteiger partial charge in [0.1, 0.15) is 5.60 Å². The van der Waals surface area contributed by atoms with Gasteiger partial charge in [-0.1, -0.05) is 12.1 Å². The van der Waals surface area contributed by atoms with Crippen molar-refractivity contribution in [3.05, 3.63) is 52.2 Å². The van der Waals surface area contributed by atoms with Crippen molar-refractivity contribution in [3.63, 3.8) is 0 Å². The summed E-state index contributed by atoms with van der Waals surface area (Å²) in [6.07, 6.45) is 1.82. The lowest BCUT2D eigenvalue weighted by Crippen LogP contribution is -2.44. The summed E-state index contributed by atoms with van der Waals surface area (Å²) in [7, 11) is -3.44. The van der Waals surface area contributed by atoms with Gasteiger partial charge in [-0.05, 0) is 66.8 Å². The maximum absolute atomic E-state index is 12.2. The van der Waals surface area contributed by atoms with Crippen LogP contribution in [0.1, 0.15) is 37.8 Å². The predicted octanol–water partition coefficient (Wildman–Crippen LogP) is 2.15. The van der Waals surface area contributed by atoms with Crippen molar-refractivity contribution in [1.82, 2.24) is 15.4 Å². The SMILES string of the molecule is CCNC(=NCc1ccc(S(=O)(=O)NC2CC2)cc1)NCC(C)(O)c1ccsc1. The number of nitrogens with one attached hydrogen (secondary N) is 3. The fourth-order valence-electron chi connectivity index (χ4n) is 2.70. The molecule has 1 aromatic carbocycles. The number of guanidine groups is 1. The van der Waals surface area contributed by atoms with Gasteiger partial charge in [0.05, 0.1) is 18.0 Å². The molecule has 4 N–H and O–H groups in total. The Hall–Kier alpha value is -1.94. The van der Waals surface area contributed by atoms with Crippen LogP contribution in [0.4, 0.5) is 0 Å². The third-order valence-corrected chi connectivity index (χ3v) is 6.86. The van der Waals surface area contributed by atoms with Crippen molar-refractivity contribution in [2.45, 2.75) is 49.8 Å². The van der Waals surface area contributed by atoms with Gasteiger partial charge in [0.25, 0.3) is 0 Å². The topological polar surface area (TPSA) is 103 Å². The summed E-state index contributed by atoms with van der Waals surface area (Å²) in [5.41, 5.74) is 0.764. The first-order chi connectivity index (χ1) is 13.8. The van der Waals surface area contributed by atoms with E-state index in [1.54, 1.807) is 42.5 Å². The smallest absolute Gasteiger partial charge is 0.240 e. The average Bonchev–Trinajstić information content (AvgIpc) is 3.30. The summed E-state index contributed by atoms with van der Waals surface area (Å²) in [4.78, 5) is 4.81. The molecule has 0 bridgehead atoms. The molecule has 2 aromatic rings. The van der Waals surface area contributed by atoms with Gasteiger partial charge in [-0.15, -0.1) is 0 Å². The number of hydrogen-bond acceptors (Lipinski definition) is 5. The highest BCUT2D eigenvalue weighted by molar-refractivity contribution is 7.89. The molecule has 1 atom stereocenters. The molecule has 0 amide bonds. The molecule has 1 saturated carbocycles. The number of thiophene rings is 1. The summed E-state index contributed by atoms with van der Waals surface area (Å²) in [6.45, 7) is 5.14. The number of nitrogens with zero attached hydrogens (tertiary/aromatic N) is 1. The third kappa shape index (κ3) is 6.27. The van der Waals surface area contributed by atoms with Crippen molar-refractivity contribution >= 4 is 27.3 Å². The van der Waals surface area contributed by atoms with Crippen molar-refractivity contribution in [2.75, 3.05) is 13.1 Å². The molecule has 1 unspecified atom stereocenters. The van der Waals surface area contributed by atoms with Gasteiger partial charge in [-0.2, -0.15) is 11.3 Å². The van der Waals surface area contributed by atoms with Crippen LogP contribution in [0.25, 0.3) is 0 Å². The zero-order valence-electron chi connectivity index (χ0n) is 16.7. The molecule has 158 valence electrons. The molecule has 3 rings (SSSR count). The molecule has 0 radical (unpaired) electrons. The highest BCUT2D eigenvalue weighted by atomic mass is 32.2. The molecule has 1 heterocycles. The monoisotopic (exact) mass is 436 g/mol. The Labute approximate surface area is 176 Å². The Bertz CT molecular complexity index is 919. The van der Waals surface area contributed by atoms with E-state index in [1.807, 2.05) is 23.8 Å². The van der Waals surface area contributed by atoms with Gasteiger partial charge in [0.2, 0.25) is 10.0 Å². The molecule has 0 spiro atoms. The lowest BCUT2D eigenvalue weighted by Gasteiger charge is -2.24. The van der Waals surface area contributed by atoms with Crippen LogP contribution in [-0.2, 0) is 22.2 Å². The van der Waals surface area contributed by atoms with E-state index in [9.17, 15) is 13.5 Å². The van der Waals surface area contributed by atoms with Crippen LogP contribution in [0.5, 0.6) is 0 Å². The molecule has 1 fully saturated rings. The lowest BCUT2D eigenvalue weighted by molar-refractivity contribution is 0.0621. The molecule has 1 aliphatic carbocycles. The Morgan fingerprint density at radius 3 is 2.55 bits per heavy atom. The summed E-state index contributed by atoms with van der Waals surface area (Å²) in [6, 6.07) is 8.76. The zero-order chi connectivity index (χ0) is 20.9. The Balaban J connectivity index is 1.60. The summed E-state index contributed by atoms with van der Waals surface area (Å²) in [5.74, 6) is 0.593. The van der Waals surface area contributed by atoms with Crippen molar-refractivity contribution < 1.29 is 13.5 Å². The Morgan fingerprint density at radius 1 is 1.24 bits per heavy atom. The van der Waals surface area contributed by atoms with Crippen LogP contribution in [0.15, 0.2) is 51.0 Å². The van der Waals surface area contributed by atoms with Crippen LogP contribution >= 0.6 is 11.3 Å². The van der Waals surface area contributed by atoms with Crippen LogP contribution in [-0.4, -0.2) is 38.6 Å². The van der Waals surface area contributed by atoms with E-state index in [0.29, 0.717) is 25.6 Å². The van der Waals surface area contributed by atoms with E-state index in [4.69, 9.17) is 0 Å². The minimum Gasteiger partial charge on any atom is -0.384 e. The minimum absolute atomic E-state index is 0.0873. The molecular weight excluding hydrogens is 408 g/mol. The van der Waals surface area contributed by atoms with Gasteiger partial charge in [-0.25, -0.2) is 18.1 Å². The Morgan fingerprint density at radius 2 is 1.97 bits per heavy atom. The second kappa shape index (κ2) is 9.25. The maximum Gasteiger partial charge on any atom is 0.240 e. The molecule has 1 aromatic heterocycles. The summed E-state index contributed by atoms with van der Waals surface area (Å²) < 4.78 is 27.2. The van der Waals surface area contributed by atoms with Crippen LogP contribution < -0.4 is 15.4 Å². The van der Waals surface area contributed by atoms with Gasteiger partial charge in [-0.3, -0.25) is 0 Å². The van der Waals surface area contributed by atoms with E-state index in [-0.39, 0.29) is 10.9 Å². The largest absolute Gasteiger partial charge is 0.384 e. The normalized spacial score (nSPS) is 17.0. The number of benzene rings is 1. The molecular formula is C20H28N4O3S2. The highest BCUT2D eigenvalue weighted by Crippen LogP contribution is 2.23. The van der Waals surface area contributed by atoms with Crippen LogP contribution in [0, 0.1) is 0 Å². The van der Waals surface area contributed by atoms with Gasteiger partial charge in [0, 0.05) is 12.6 Å². The molecule has 29 heavy (non-hydrogen) atoms. The lowest BCUT2D eigenvalue weighted by atomic mass is 9.99. The molecule has 0 aliphatic heterocycles. The maximum atomic E-state index is 12.2. The van der Waals surface area contributed by atoms with Crippen molar-refractivity contribution in [2.24, 2.45) is 4.99 Å². The molecule has 1 aliphatic rings.